The van der Waals surface area contributed by atoms with Crippen LogP contribution in [0.3, 0.4) is 0 Å². The lowest BCUT2D eigenvalue weighted by atomic mass is 9.75. The van der Waals surface area contributed by atoms with Gasteiger partial charge in [-0.3, -0.25) is 9.59 Å². The van der Waals surface area contributed by atoms with Gasteiger partial charge >= 0.3 is 5.97 Å². The van der Waals surface area contributed by atoms with Gasteiger partial charge in [0.05, 0.1) is 30.2 Å². The van der Waals surface area contributed by atoms with Gasteiger partial charge in [0.25, 0.3) is 0 Å². The molecule has 2 fully saturated rings. The highest BCUT2D eigenvalue weighted by Gasteiger charge is 2.50. The summed E-state index contributed by atoms with van der Waals surface area (Å²) in [7, 11) is 0. The molecule has 33 heavy (non-hydrogen) atoms. The summed E-state index contributed by atoms with van der Waals surface area (Å²) in [5.74, 6) is -1.04. The van der Waals surface area contributed by atoms with Crippen molar-refractivity contribution in [3.63, 3.8) is 0 Å². The van der Waals surface area contributed by atoms with Crippen molar-refractivity contribution in [2.24, 2.45) is 5.73 Å². The molecule has 4 rings (SSSR count). The lowest BCUT2D eigenvalue weighted by molar-refractivity contribution is -0.197. The Balaban J connectivity index is 1.42. The number of piperidine rings is 1. The van der Waals surface area contributed by atoms with E-state index in [1.807, 2.05) is 0 Å². The third-order valence-corrected chi connectivity index (χ3v) is 6.76. The predicted molar refractivity (Wildman–Crippen MR) is 118 cm³/mol. The quantitative estimate of drug-likeness (QED) is 0.373. The molecule has 0 aromatic carbocycles. The molecule has 0 unspecified atom stereocenters. The van der Waals surface area contributed by atoms with Crippen LogP contribution in [-0.2, 0) is 14.3 Å². The van der Waals surface area contributed by atoms with Gasteiger partial charge in [-0.05, 0) is 26.2 Å². The number of aliphatic carboxylic acids is 1. The number of fused-ring (bicyclic) bond motifs is 1. The van der Waals surface area contributed by atoms with Gasteiger partial charge in [0, 0.05) is 25.9 Å². The predicted octanol–water partition coefficient (Wildman–Crippen LogP) is -0.744. The molecule has 2 aromatic rings. The topological polar surface area (TPSA) is 209 Å². The average Bonchev–Trinajstić information content (AvgIpc) is 3.15. The van der Waals surface area contributed by atoms with Crippen molar-refractivity contribution in [3.8, 4) is 0 Å². The Morgan fingerprint density at radius 3 is 2.64 bits per heavy atom. The second kappa shape index (κ2) is 8.39. The highest BCUT2D eigenvalue weighted by molar-refractivity contribution is 5.82. The lowest BCUT2D eigenvalue weighted by Gasteiger charge is -2.51. The number of aromatic nitrogens is 4. The van der Waals surface area contributed by atoms with Crippen LogP contribution in [0.4, 0.5) is 11.8 Å². The number of carboxylic acids is 1. The molecule has 2 aliphatic rings. The number of hydrogen-bond acceptors (Lipinski definition) is 10. The van der Waals surface area contributed by atoms with E-state index in [4.69, 9.17) is 27.0 Å². The van der Waals surface area contributed by atoms with Crippen molar-refractivity contribution in [1.82, 2.24) is 24.4 Å². The smallest absolute Gasteiger partial charge is 0.320 e. The second-order valence-corrected chi connectivity index (χ2v) is 9.20. The summed E-state index contributed by atoms with van der Waals surface area (Å²) < 4.78 is 8.02. The molecule has 2 saturated heterocycles. The number of nitrogen functional groups attached to an aromatic ring is 2. The second-order valence-electron chi connectivity index (χ2n) is 9.20. The number of imidazole rings is 1. The molecule has 1 amide bonds. The van der Waals surface area contributed by atoms with E-state index in [0.29, 0.717) is 43.5 Å². The van der Waals surface area contributed by atoms with E-state index in [-0.39, 0.29) is 37.1 Å². The maximum atomic E-state index is 12.5. The molecule has 4 heterocycles. The minimum absolute atomic E-state index is 0.0240. The number of carbonyl (C=O) groups is 2. The van der Waals surface area contributed by atoms with Crippen LogP contribution < -0.4 is 17.2 Å². The summed E-state index contributed by atoms with van der Waals surface area (Å²) in [6.45, 7) is 2.92. The van der Waals surface area contributed by atoms with Crippen LogP contribution in [0.25, 0.3) is 11.2 Å². The van der Waals surface area contributed by atoms with Crippen LogP contribution in [0.1, 0.15) is 45.1 Å². The van der Waals surface area contributed by atoms with Gasteiger partial charge in [0.15, 0.2) is 11.5 Å². The van der Waals surface area contributed by atoms with Crippen LogP contribution >= 0.6 is 0 Å². The van der Waals surface area contributed by atoms with Gasteiger partial charge in [-0.2, -0.15) is 9.97 Å². The third-order valence-electron chi connectivity index (χ3n) is 6.76. The van der Waals surface area contributed by atoms with Gasteiger partial charge in [-0.25, -0.2) is 4.98 Å². The molecule has 2 aromatic heterocycles. The van der Waals surface area contributed by atoms with Gasteiger partial charge in [-0.1, -0.05) is 0 Å². The van der Waals surface area contributed by atoms with Crippen molar-refractivity contribution in [1.29, 1.82) is 0 Å². The number of amides is 1. The number of nitrogens with zero attached hydrogens (tertiary/aromatic N) is 5. The number of carboxylic acid groups (broad SMARTS) is 1. The minimum Gasteiger partial charge on any atom is -0.480 e. The van der Waals surface area contributed by atoms with Crippen molar-refractivity contribution in [2.75, 3.05) is 31.2 Å². The number of ether oxygens (including phenoxy) is 1. The Morgan fingerprint density at radius 2 is 2.00 bits per heavy atom. The molecule has 0 radical (unpaired) electrons. The number of likely N-dealkylation sites (tertiary alicyclic amines) is 1. The number of carbonyl (C=O) groups excluding carboxylic acids is 1. The number of hydrogen-bond donors (Lipinski definition) is 5. The maximum absolute atomic E-state index is 12.5. The standard InChI is InChI=1S/C20H30N8O5/c1-19(32)9-20(4-6-27(7-5-20)13(29)3-2-11(21)17(30)31)33-8-12(19)28-10-24-14-15(22)25-18(23)26-16(14)28/h10-12,32H,2-9,21H2,1H3,(H,30,31)(H4,22,23,25,26)/t11-,12-,19-/m1/s1. The zero-order chi connectivity index (χ0) is 24.0. The highest BCUT2D eigenvalue weighted by atomic mass is 16.5. The first kappa shape index (κ1) is 23.1. The van der Waals surface area contributed by atoms with Crippen molar-refractivity contribution >= 4 is 34.8 Å². The number of aliphatic hydroxyl groups is 1. The molecule has 0 bridgehead atoms. The van der Waals surface area contributed by atoms with E-state index >= 15 is 0 Å². The molecule has 180 valence electrons. The van der Waals surface area contributed by atoms with Gasteiger partial charge < -0.3 is 41.6 Å². The molecule has 8 N–H and O–H groups in total. The van der Waals surface area contributed by atoms with E-state index < -0.39 is 29.3 Å². The maximum Gasteiger partial charge on any atom is 0.320 e. The Morgan fingerprint density at radius 1 is 1.30 bits per heavy atom. The molecule has 0 saturated carbocycles. The SMILES string of the molecule is C[C@@]1(O)CC2(CCN(C(=O)CC[C@@H](N)C(=O)O)CC2)OC[C@H]1n1cnc2c(N)nc(N)nc21. The van der Waals surface area contributed by atoms with Crippen LogP contribution in [0.2, 0.25) is 0 Å². The average molecular weight is 463 g/mol. The summed E-state index contributed by atoms with van der Waals surface area (Å²) in [5.41, 5.74) is 16.3. The molecular weight excluding hydrogens is 432 g/mol. The van der Waals surface area contributed by atoms with E-state index in [9.17, 15) is 14.7 Å². The first-order chi connectivity index (χ1) is 15.5. The molecule has 3 atom stereocenters. The van der Waals surface area contributed by atoms with E-state index in [2.05, 4.69) is 15.0 Å². The van der Waals surface area contributed by atoms with Crippen molar-refractivity contribution in [2.45, 2.75) is 62.3 Å². The van der Waals surface area contributed by atoms with E-state index in [0.717, 1.165) is 0 Å². The Kier molecular flexibility index (Phi) is 5.88. The monoisotopic (exact) mass is 462 g/mol. The first-order valence-corrected chi connectivity index (χ1v) is 10.9. The lowest BCUT2D eigenvalue weighted by Crippen LogP contribution is -2.58. The fourth-order valence-corrected chi connectivity index (χ4v) is 4.87. The Hall–Kier alpha value is -3.03. The summed E-state index contributed by atoms with van der Waals surface area (Å²) >= 11 is 0. The summed E-state index contributed by atoms with van der Waals surface area (Å²) in [6, 6.07) is -1.51. The van der Waals surface area contributed by atoms with Crippen LogP contribution in [0.5, 0.6) is 0 Å². The fraction of sp³-hybridized carbons (Fsp3) is 0.650. The van der Waals surface area contributed by atoms with Crippen LogP contribution in [0.15, 0.2) is 6.33 Å². The summed E-state index contributed by atoms with van der Waals surface area (Å²) in [5, 5.41) is 20.3. The molecule has 0 aliphatic carbocycles. The fourth-order valence-electron chi connectivity index (χ4n) is 4.87. The number of nitrogens with two attached hydrogens (primary N) is 3. The highest BCUT2D eigenvalue weighted by Crippen LogP contribution is 2.44. The summed E-state index contributed by atoms with van der Waals surface area (Å²) in [4.78, 5) is 37.5. The van der Waals surface area contributed by atoms with Gasteiger partial charge in [-0.15, -0.1) is 0 Å². The number of anilines is 2. The largest absolute Gasteiger partial charge is 0.480 e. The van der Waals surface area contributed by atoms with Gasteiger partial charge in [0.2, 0.25) is 11.9 Å². The van der Waals surface area contributed by atoms with Crippen LogP contribution in [-0.4, -0.2) is 83.4 Å². The van der Waals surface area contributed by atoms with Gasteiger partial charge in [0.1, 0.15) is 11.6 Å². The van der Waals surface area contributed by atoms with Crippen molar-refractivity contribution < 1.29 is 24.5 Å². The van der Waals surface area contributed by atoms with E-state index in [1.54, 1.807) is 22.7 Å². The zero-order valence-corrected chi connectivity index (χ0v) is 18.5. The molecular formula is C20H30N8O5. The first-order valence-electron chi connectivity index (χ1n) is 10.9. The summed E-state index contributed by atoms with van der Waals surface area (Å²) in [6.07, 6.45) is 3.24. The molecule has 1 spiro atoms. The molecule has 2 aliphatic heterocycles. The Bertz CT molecular complexity index is 1060. The minimum atomic E-state index is -1.14. The Labute approximate surface area is 189 Å². The van der Waals surface area contributed by atoms with Crippen molar-refractivity contribution in [3.05, 3.63) is 6.33 Å². The third kappa shape index (κ3) is 4.43. The van der Waals surface area contributed by atoms with E-state index in [1.165, 1.54) is 0 Å². The van der Waals surface area contributed by atoms with Crippen LogP contribution in [0, 0.1) is 0 Å². The zero-order valence-electron chi connectivity index (χ0n) is 18.5. The number of rotatable bonds is 5. The molecule has 13 nitrogen and oxygen atoms in total. The molecule has 13 heteroatoms. The normalized spacial score (nSPS) is 25.9.